The zero-order valence-corrected chi connectivity index (χ0v) is 15.8. The quantitative estimate of drug-likeness (QED) is 0.366. The van der Waals surface area contributed by atoms with Gasteiger partial charge in [0.2, 0.25) is 0 Å². The van der Waals surface area contributed by atoms with Crippen molar-refractivity contribution in [3.8, 4) is 0 Å². The second kappa shape index (κ2) is 88.4. The zero-order chi connectivity index (χ0) is 22.8. The molecule has 0 aliphatic rings. The molecule has 0 heterocycles. The van der Waals surface area contributed by atoms with Gasteiger partial charge in [-0.1, -0.05) is 90.1 Å². The van der Waals surface area contributed by atoms with Crippen LogP contribution < -0.4 is 0 Å². The SMILES string of the molecule is CC.CC.CC.F.FF.FF.FF.FF.FF.c1ccc2ccccc2c1. The van der Waals surface area contributed by atoms with Gasteiger partial charge in [0, 0.05) is 45.7 Å². The third-order valence-electron chi connectivity index (χ3n) is 1.66. The average Bonchev–Trinajstić information content (AvgIpc) is 2.84. The van der Waals surface area contributed by atoms with E-state index in [1.165, 1.54) is 10.8 Å². The van der Waals surface area contributed by atoms with Crippen molar-refractivity contribution in [2.24, 2.45) is 0 Å². The first-order valence-electron chi connectivity index (χ1n) is 7.12. The molecule has 0 atom stereocenters. The van der Waals surface area contributed by atoms with Gasteiger partial charge in [-0.3, -0.25) is 4.70 Å². The molecule has 0 unspecified atom stereocenters. The molecule has 168 valence electrons. The minimum atomic E-state index is 0. The van der Waals surface area contributed by atoms with Gasteiger partial charge in [-0.05, 0) is 10.8 Å². The van der Waals surface area contributed by atoms with Gasteiger partial charge in [0.05, 0.1) is 0 Å². The molecule has 2 rings (SSSR count). The lowest BCUT2D eigenvalue weighted by Gasteiger charge is -1.92. The molecule has 0 bridgehead atoms. The molecule has 0 fully saturated rings. The van der Waals surface area contributed by atoms with Crippen molar-refractivity contribution in [1.29, 1.82) is 0 Å². The maximum atomic E-state index is 8.00. The Balaban J connectivity index is -0.0000000306. The van der Waals surface area contributed by atoms with Crippen LogP contribution in [0.2, 0.25) is 0 Å². The highest BCUT2D eigenvalue weighted by molar-refractivity contribution is 5.81. The monoisotopic (exact) mass is 428 g/mol. The maximum Gasteiger partial charge on any atom is 0 e. The van der Waals surface area contributed by atoms with E-state index in [1.807, 2.05) is 41.5 Å². The van der Waals surface area contributed by atoms with Gasteiger partial charge in [0.25, 0.3) is 0 Å². The predicted molar refractivity (Wildman–Crippen MR) is 91.6 cm³/mol. The molecule has 0 saturated heterocycles. The Morgan fingerprint density at radius 3 is 0.593 bits per heavy atom. The first-order valence-corrected chi connectivity index (χ1v) is 7.12. The van der Waals surface area contributed by atoms with Crippen LogP contribution in [-0.4, -0.2) is 0 Å². The Bertz CT molecular complexity index is 297. The average molecular weight is 428 g/mol. The van der Waals surface area contributed by atoms with Crippen molar-refractivity contribution in [2.45, 2.75) is 41.5 Å². The van der Waals surface area contributed by atoms with Gasteiger partial charge in [0.1, 0.15) is 0 Å². The van der Waals surface area contributed by atoms with Crippen LogP contribution in [0.25, 0.3) is 10.8 Å². The van der Waals surface area contributed by atoms with Crippen LogP contribution in [0, 0.1) is 0 Å². The highest BCUT2D eigenvalue weighted by Crippen LogP contribution is 2.11. The van der Waals surface area contributed by atoms with Crippen LogP contribution in [0.3, 0.4) is 0 Å². The molecule has 0 aliphatic heterocycles. The molecule has 0 nitrogen and oxygen atoms in total. The maximum absolute atomic E-state index is 8.00. The molecule has 11 heteroatoms. The smallest absolute Gasteiger partial charge is 0 e. The van der Waals surface area contributed by atoms with Crippen LogP contribution in [0.1, 0.15) is 41.5 Å². The van der Waals surface area contributed by atoms with E-state index in [0.29, 0.717) is 0 Å². The van der Waals surface area contributed by atoms with Gasteiger partial charge < -0.3 is 0 Å². The van der Waals surface area contributed by atoms with Crippen molar-refractivity contribution in [1.82, 2.24) is 0 Å². The largest absolute Gasteiger partial charge is 0.269 e. The van der Waals surface area contributed by atoms with Crippen molar-refractivity contribution in [3.05, 3.63) is 48.5 Å². The summed E-state index contributed by atoms with van der Waals surface area (Å²) >= 11 is 0. The van der Waals surface area contributed by atoms with Crippen molar-refractivity contribution in [3.63, 3.8) is 0 Å². The third-order valence-corrected chi connectivity index (χ3v) is 1.66. The van der Waals surface area contributed by atoms with Crippen LogP contribution in [-0.2, 0) is 0 Å². The van der Waals surface area contributed by atoms with E-state index in [-0.39, 0.29) is 4.70 Å². The fourth-order valence-corrected chi connectivity index (χ4v) is 1.13. The van der Waals surface area contributed by atoms with Crippen LogP contribution in [0.5, 0.6) is 0 Å². The predicted octanol–water partition coefficient (Wildman–Crippen LogP) is 10.3. The van der Waals surface area contributed by atoms with E-state index in [2.05, 4.69) is 48.5 Å². The Kier molecular flexibility index (Phi) is 163. The van der Waals surface area contributed by atoms with Gasteiger partial charge in [0.15, 0.2) is 0 Å². The molecule has 2 aromatic rings. The number of halogens is 11. The summed E-state index contributed by atoms with van der Waals surface area (Å²) in [5, 5.41) is 2.62. The zero-order valence-electron chi connectivity index (χ0n) is 15.8. The lowest BCUT2D eigenvalue weighted by molar-refractivity contribution is 0.108. The minimum absolute atomic E-state index is 0. The molecule has 0 aromatic heterocycles. The van der Waals surface area contributed by atoms with E-state index in [1.54, 1.807) is 0 Å². The molecule has 0 aliphatic carbocycles. The van der Waals surface area contributed by atoms with Gasteiger partial charge in [-0.2, -0.15) is 0 Å². The number of fused-ring (bicyclic) bond motifs is 1. The Hall–Kier alpha value is -2.07. The molecule has 0 saturated carbocycles. The van der Waals surface area contributed by atoms with Crippen molar-refractivity contribution >= 4 is 10.8 Å². The number of hydrogen-bond acceptors (Lipinski definition) is 0. The third kappa shape index (κ3) is 45.4. The summed E-state index contributed by atoms with van der Waals surface area (Å²) < 4.78 is 80.0. The summed E-state index contributed by atoms with van der Waals surface area (Å²) in [6, 6.07) is 16.7. The highest BCUT2D eigenvalue weighted by Gasteiger charge is 1.85. The number of rotatable bonds is 0. The van der Waals surface area contributed by atoms with Crippen molar-refractivity contribution in [2.75, 3.05) is 0 Å². The standard InChI is InChI=1S/C10H8.3C2H6.5F2.FH/c1-2-6-10-8-4-3-7-9(10)5-1;8*1-2;/h1-8H;3*1-2H3;;;;;;1H. The van der Waals surface area contributed by atoms with Gasteiger partial charge >= 0.3 is 0 Å². The Labute approximate surface area is 152 Å². The normalized spacial score (nSPS) is 5.48. The minimum Gasteiger partial charge on any atom is -0.269 e. The van der Waals surface area contributed by atoms with Crippen LogP contribution >= 0.6 is 0 Å². The van der Waals surface area contributed by atoms with Crippen LogP contribution in [0.4, 0.5) is 50.4 Å². The number of hydrogen-bond donors (Lipinski definition) is 0. The molecule has 27 heavy (non-hydrogen) atoms. The Morgan fingerprint density at radius 1 is 0.370 bits per heavy atom. The first kappa shape index (κ1) is 49.8. The van der Waals surface area contributed by atoms with Gasteiger partial charge in [-0.25, -0.2) is 0 Å². The van der Waals surface area contributed by atoms with E-state index in [0.717, 1.165) is 0 Å². The summed E-state index contributed by atoms with van der Waals surface area (Å²) in [5.74, 6) is 0. The fourth-order valence-electron chi connectivity index (χ4n) is 1.13. The first-order chi connectivity index (χ1) is 13.0. The topological polar surface area (TPSA) is 0 Å². The van der Waals surface area contributed by atoms with Crippen LogP contribution in [0.15, 0.2) is 48.5 Å². The molecule has 0 spiro atoms. The summed E-state index contributed by atoms with van der Waals surface area (Å²) in [5.41, 5.74) is 0. The van der Waals surface area contributed by atoms with E-state index in [9.17, 15) is 0 Å². The number of benzene rings is 2. The Morgan fingerprint density at radius 2 is 0.481 bits per heavy atom. The summed E-state index contributed by atoms with van der Waals surface area (Å²) in [7, 11) is 0. The second-order valence-electron chi connectivity index (χ2n) is 2.35. The molecular weight excluding hydrogens is 401 g/mol. The second-order valence-corrected chi connectivity index (χ2v) is 2.35. The molecule has 0 amide bonds. The molecule has 0 radical (unpaired) electrons. The van der Waals surface area contributed by atoms with E-state index in [4.69, 9.17) is 45.7 Å². The highest BCUT2D eigenvalue weighted by atomic mass is 20.0. The summed E-state index contributed by atoms with van der Waals surface area (Å²) in [6.07, 6.45) is 0. The molecule has 2 aromatic carbocycles. The van der Waals surface area contributed by atoms with Crippen molar-refractivity contribution < 1.29 is 50.4 Å². The van der Waals surface area contributed by atoms with E-state index < -0.39 is 0 Å². The summed E-state index contributed by atoms with van der Waals surface area (Å²) in [4.78, 5) is 0. The molecular formula is C16H27F11. The molecule has 0 N–H and O–H groups in total. The van der Waals surface area contributed by atoms with Gasteiger partial charge in [-0.15, -0.1) is 0 Å². The lowest BCUT2D eigenvalue weighted by Crippen LogP contribution is -1.67. The fraction of sp³-hybridized carbons (Fsp3) is 0.375. The van der Waals surface area contributed by atoms with E-state index >= 15 is 0 Å². The lowest BCUT2D eigenvalue weighted by atomic mass is 10.1. The summed E-state index contributed by atoms with van der Waals surface area (Å²) in [6.45, 7) is 12.0.